The minimum Gasteiger partial charge on any atom is -0.310 e. The largest absolute Gasteiger partial charge is 0.310 e. The first-order valence-electron chi connectivity index (χ1n) is 7.28. The highest BCUT2D eigenvalue weighted by Gasteiger charge is 2.19. The Labute approximate surface area is 125 Å². The predicted octanol–water partition coefficient (Wildman–Crippen LogP) is 4.91. The molecular weight excluding hydrogens is 333 g/mol. The van der Waals surface area contributed by atoms with Crippen LogP contribution in [0.4, 0.5) is 0 Å². The molecule has 0 heterocycles. The van der Waals surface area contributed by atoms with Crippen molar-refractivity contribution in [1.82, 2.24) is 5.32 Å². The first-order chi connectivity index (χ1) is 8.79. The Morgan fingerprint density at radius 2 is 1.83 bits per heavy atom. The van der Waals surface area contributed by atoms with Gasteiger partial charge in [-0.3, -0.25) is 0 Å². The second-order valence-electron chi connectivity index (χ2n) is 5.40. The summed E-state index contributed by atoms with van der Waals surface area (Å²) in [4.78, 5) is 0. The molecule has 1 aliphatic carbocycles. The van der Waals surface area contributed by atoms with Gasteiger partial charge < -0.3 is 5.32 Å². The summed E-state index contributed by atoms with van der Waals surface area (Å²) in [6.45, 7) is 3.27. The summed E-state index contributed by atoms with van der Waals surface area (Å²) in [6.07, 6.45) is 8.52. The van der Waals surface area contributed by atoms with Gasteiger partial charge in [0, 0.05) is 9.61 Å². The maximum Gasteiger partial charge on any atom is 0.0322 e. The fourth-order valence-electron chi connectivity index (χ4n) is 3.03. The fraction of sp³-hybridized carbons (Fsp3) is 0.625. The Morgan fingerprint density at radius 1 is 1.17 bits per heavy atom. The van der Waals surface area contributed by atoms with Gasteiger partial charge in [0.05, 0.1) is 0 Å². The van der Waals surface area contributed by atoms with Gasteiger partial charge in [0.1, 0.15) is 0 Å². The van der Waals surface area contributed by atoms with Crippen LogP contribution in [0.2, 0.25) is 0 Å². The van der Waals surface area contributed by atoms with Crippen molar-refractivity contribution in [2.24, 2.45) is 5.92 Å². The molecule has 18 heavy (non-hydrogen) atoms. The quantitative estimate of drug-likeness (QED) is 0.738. The van der Waals surface area contributed by atoms with Gasteiger partial charge in [-0.15, -0.1) is 0 Å². The highest BCUT2D eigenvalue weighted by Crippen LogP contribution is 2.32. The number of rotatable bonds is 5. The molecule has 0 aromatic heterocycles. The molecule has 0 saturated heterocycles. The second kappa shape index (κ2) is 7.49. The predicted molar refractivity (Wildman–Crippen MR) is 86.8 cm³/mol. The van der Waals surface area contributed by atoms with Crippen LogP contribution in [0.15, 0.2) is 24.3 Å². The van der Waals surface area contributed by atoms with Crippen molar-refractivity contribution in [3.8, 4) is 0 Å². The van der Waals surface area contributed by atoms with E-state index in [-0.39, 0.29) is 0 Å². The summed E-state index contributed by atoms with van der Waals surface area (Å²) in [5, 5.41) is 3.66. The third-order valence-electron chi connectivity index (χ3n) is 4.02. The van der Waals surface area contributed by atoms with E-state index in [0.29, 0.717) is 6.04 Å². The van der Waals surface area contributed by atoms with Gasteiger partial charge in [-0.2, -0.15) is 0 Å². The maximum atomic E-state index is 3.66. The van der Waals surface area contributed by atoms with Crippen LogP contribution in [0.25, 0.3) is 0 Å². The molecule has 100 valence electrons. The third-order valence-corrected chi connectivity index (χ3v) is 4.74. The van der Waals surface area contributed by atoms with Crippen molar-refractivity contribution >= 4 is 22.6 Å². The molecule has 1 fully saturated rings. The minimum absolute atomic E-state index is 0.551. The van der Waals surface area contributed by atoms with Crippen LogP contribution in [-0.4, -0.2) is 6.54 Å². The molecule has 1 aromatic carbocycles. The van der Waals surface area contributed by atoms with Crippen LogP contribution >= 0.6 is 22.6 Å². The normalized spacial score (nSPS) is 18.8. The molecular formula is C16H24IN. The molecule has 0 radical (unpaired) electrons. The molecule has 0 aliphatic heterocycles. The van der Waals surface area contributed by atoms with Gasteiger partial charge in [0.25, 0.3) is 0 Å². The zero-order valence-electron chi connectivity index (χ0n) is 11.3. The molecule has 2 heteroatoms. The second-order valence-corrected chi connectivity index (χ2v) is 6.65. The maximum absolute atomic E-state index is 3.66. The number of nitrogens with one attached hydrogen (secondary N) is 1. The summed E-state index contributed by atoms with van der Waals surface area (Å²) in [6, 6.07) is 9.58. The molecule has 1 aliphatic rings. The highest BCUT2D eigenvalue weighted by atomic mass is 127. The molecule has 1 saturated carbocycles. The van der Waals surface area contributed by atoms with E-state index in [0.717, 1.165) is 12.5 Å². The van der Waals surface area contributed by atoms with E-state index in [2.05, 4.69) is 59.1 Å². The average Bonchev–Trinajstić information content (AvgIpc) is 2.40. The van der Waals surface area contributed by atoms with Crippen LogP contribution in [0.1, 0.15) is 57.1 Å². The SMILES string of the molecule is CCNC(CC1CCCCC1)c1ccc(I)cc1. The van der Waals surface area contributed by atoms with Crippen LogP contribution in [0.5, 0.6) is 0 Å². The Hall–Kier alpha value is -0.0900. The molecule has 0 amide bonds. The van der Waals surface area contributed by atoms with Crippen LogP contribution in [-0.2, 0) is 0 Å². The van der Waals surface area contributed by atoms with Crippen molar-refractivity contribution in [3.05, 3.63) is 33.4 Å². The topological polar surface area (TPSA) is 12.0 Å². The van der Waals surface area contributed by atoms with E-state index >= 15 is 0 Å². The first-order valence-corrected chi connectivity index (χ1v) is 8.36. The van der Waals surface area contributed by atoms with E-state index in [1.807, 2.05) is 0 Å². The van der Waals surface area contributed by atoms with Crippen molar-refractivity contribution in [3.63, 3.8) is 0 Å². The van der Waals surface area contributed by atoms with Gasteiger partial charge in [0.2, 0.25) is 0 Å². The average molecular weight is 357 g/mol. The van der Waals surface area contributed by atoms with Gasteiger partial charge in [-0.25, -0.2) is 0 Å². The lowest BCUT2D eigenvalue weighted by Gasteiger charge is -2.27. The molecule has 2 rings (SSSR count). The molecule has 1 unspecified atom stereocenters. The number of hydrogen-bond donors (Lipinski definition) is 1. The van der Waals surface area contributed by atoms with Crippen molar-refractivity contribution < 1.29 is 0 Å². The molecule has 1 nitrogen and oxygen atoms in total. The van der Waals surface area contributed by atoms with Gasteiger partial charge in [-0.1, -0.05) is 51.2 Å². The van der Waals surface area contributed by atoms with E-state index in [1.54, 1.807) is 0 Å². The van der Waals surface area contributed by atoms with Crippen molar-refractivity contribution in [2.75, 3.05) is 6.54 Å². The monoisotopic (exact) mass is 357 g/mol. The van der Waals surface area contributed by atoms with E-state index in [1.165, 1.54) is 47.7 Å². The molecule has 0 bridgehead atoms. The van der Waals surface area contributed by atoms with Crippen LogP contribution < -0.4 is 5.32 Å². The van der Waals surface area contributed by atoms with Crippen LogP contribution in [0, 0.1) is 9.49 Å². The Bertz CT molecular complexity index is 341. The fourth-order valence-corrected chi connectivity index (χ4v) is 3.39. The van der Waals surface area contributed by atoms with Gasteiger partial charge in [-0.05, 0) is 59.2 Å². The standard InChI is InChI=1S/C16H24IN/c1-2-18-16(12-13-6-4-3-5-7-13)14-8-10-15(17)11-9-14/h8-11,13,16,18H,2-7,12H2,1H3. The third kappa shape index (κ3) is 4.23. The lowest BCUT2D eigenvalue weighted by molar-refractivity contribution is 0.301. The van der Waals surface area contributed by atoms with Gasteiger partial charge in [0.15, 0.2) is 0 Å². The minimum atomic E-state index is 0.551. The number of benzene rings is 1. The van der Waals surface area contributed by atoms with Crippen molar-refractivity contribution in [1.29, 1.82) is 0 Å². The Kier molecular flexibility index (Phi) is 5.96. The van der Waals surface area contributed by atoms with E-state index in [9.17, 15) is 0 Å². The van der Waals surface area contributed by atoms with E-state index < -0.39 is 0 Å². The smallest absolute Gasteiger partial charge is 0.0322 e. The summed E-state index contributed by atoms with van der Waals surface area (Å²) in [5.41, 5.74) is 1.46. The molecule has 0 spiro atoms. The number of halogens is 1. The zero-order valence-corrected chi connectivity index (χ0v) is 13.4. The summed E-state index contributed by atoms with van der Waals surface area (Å²) >= 11 is 2.38. The summed E-state index contributed by atoms with van der Waals surface area (Å²) < 4.78 is 1.32. The lowest BCUT2D eigenvalue weighted by atomic mass is 9.83. The molecule has 1 aromatic rings. The number of hydrogen-bond acceptors (Lipinski definition) is 1. The molecule has 1 atom stereocenters. The highest BCUT2D eigenvalue weighted by molar-refractivity contribution is 14.1. The van der Waals surface area contributed by atoms with Gasteiger partial charge >= 0.3 is 0 Å². The molecule has 1 N–H and O–H groups in total. The summed E-state index contributed by atoms with van der Waals surface area (Å²) in [7, 11) is 0. The van der Waals surface area contributed by atoms with E-state index in [4.69, 9.17) is 0 Å². The Balaban J connectivity index is 2.00. The Morgan fingerprint density at radius 3 is 2.44 bits per heavy atom. The zero-order chi connectivity index (χ0) is 12.8. The lowest BCUT2D eigenvalue weighted by Crippen LogP contribution is -2.24. The first kappa shape index (κ1) is 14.3. The van der Waals surface area contributed by atoms with Crippen LogP contribution in [0.3, 0.4) is 0 Å². The van der Waals surface area contributed by atoms with Crippen molar-refractivity contribution in [2.45, 2.75) is 51.5 Å². The summed E-state index contributed by atoms with van der Waals surface area (Å²) in [5.74, 6) is 0.932.